The zero-order chi connectivity index (χ0) is 22.1. The molecule has 1 aromatic carbocycles. The van der Waals surface area contributed by atoms with Crippen LogP contribution >= 0.6 is 23.4 Å². The average molecular weight is 454 g/mol. The van der Waals surface area contributed by atoms with Crippen molar-refractivity contribution in [2.75, 3.05) is 24.7 Å². The van der Waals surface area contributed by atoms with Gasteiger partial charge >= 0.3 is 0 Å². The third-order valence-electron chi connectivity index (χ3n) is 6.35. The zero-order valence-corrected chi connectivity index (χ0v) is 19.6. The van der Waals surface area contributed by atoms with Gasteiger partial charge in [0.05, 0.1) is 11.6 Å². The van der Waals surface area contributed by atoms with Crippen LogP contribution in [-0.2, 0) is 15.2 Å². The van der Waals surface area contributed by atoms with Crippen LogP contribution in [0, 0.1) is 11.3 Å². The molecule has 2 saturated heterocycles. The zero-order valence-electron chi connectivity index (χ0n) is 18.1. The Morgan fingerprint density at radius 1 is 1.30 bits per heavy atom. The fraction of sp³-hybridized carbons (Fsp3) is 0.636. The van der Waals surface area contributed by atoms with Gasteiger partial charge in [-0.2, -0.15) is 0 Å². The van der Waals surface area contributed by atoms with Gasteiger partial charge in [-0.05, 0) is 30.0 Å². The molecule has 1 aromatic rings. The summed E-state index contributed by atoms with van der Waals surface area (Å²) in [6.45, 7) is 8.67. The quantitative estimate of drug-likeness (QED) is 0.638. The summed E-state index contributed by atoms with van der Waals surface area (Å²) < 4.78 is 0. The molecule has 0 radical (unpaired) electrons. The van der Waals surface area contributed by atoms with Gasteiger partial charge in [0.2, 0.25) is 11.8 Å². The number of carbonyl (C=O) groups excluding carboxylic acids is 2. The van der Waals surface area contributed by atoms with Crippen LogP contribution in [0.3, 0.4) is 0 Å². The van der Waals surface area contributed by atoms with Gasteiger partial charge in [-0.1, -0.05) is 51.4 Å². The van der Waals surface area contributed by atoms with Gasteiger partial charge in [0, 0.05) is 35.2 Å². The van der Waals surface area contributed by atoms with Crippen LogP contribution in [0.25, 0.3) is 0 Å². The molecule has 2 aliphatic heterocycles. The normalized spacial score (nSPS) is 27.2. The Bertz CT molecular complexity index is 780. The topological polar surface area (TPSA) is 81.7 Å². The summed E-state index contributed by atoms with van der Waals surface area (Å²) in [5, 5.41) is 18.3. The maximum atomic E-state index is 13.4. The van der Waals surface area contributed by atoms with Crippen LogP contribution in [-0.4, -0.2) is 58.6 Å². The van der Waals surface area contributed by atoms with Crippen LogP contribution in [0.5, 0.6) is 0 Å². The van der Waals surface area contributed by atoms with Gasteiger partial charge in [0.25, 0.3) is 0 Å². The summed E-state index contributed by atoms with van der Waals surface area (Å²) in [7, 11) is 0. The summed E-state index contributed by atoms with van der Waals surface area (Å²) in [6, 6.07) is 6.43. The maximum absolute atomic E-state index is 13.4. The summed E-state index contributed by atoms with van der Waals surface area (Å²) in [5.41, 5.74) is -0.817. The Hall–Kier alpha value is -1.28. The number of hydrogen-bond donors (Lipinski definition) is 3. The summed E-state index contributed by atoms with van der Waals surface area (Å²) in [4.78, 5) is 27.7. The molecule has 2 fully saturated rings. The first-order chi connectivity index (χ1) is 14.0. The second-order valence-corrected chi connectivity index (χ2v) is 10.7. The molecule has 3 rings (SSSR count). The summed E-state index contributed by atoms with van der Waals surface area (Å²) >= 11 is 7.69. The SMILES string of the molecule is CC(C)[C@@H](NC(=O)[C@H]1CSCN1)C(=O)N1CC[C@](O)(c2ccc(Cl)cc2)C(C)(C)C1. The van der Waals surface area contributed by atoms with Crippen molar-refractivity contribution in [1.82, 2.24) is 15.5 Å². The van der Waals surface area contributed by atoms with Gasteiger partial charge in [-0.3, -0.25) is 14.9 Å². The van der Waals surface area contributed by atoms with Gasteiger partial charge < -0.3 is 15.3 Å². The number of hydrogen-bond acceptors (Lipinski definition) is 5. The molecule has 2 aliphatic rings. The number of nitrogens with zero attached hydrogens (tertiary/aromatic N) is 1. The van der Waals surface area contributed by atoms with E-state index in [9.17, 15) is 14.7 Å². The number of rotatable bonds is 5. The lowest BCUT2D eigenvalue weighted by atomic mass is 9.66. The van der Waals surface area contributed by atoms with E-state index in [1.807, 2.05) is 39.8 Å². The van der Waals surface area contributed by atoms with Gasteiger partial charge in [-0.25, -0.2) is 0 Å². The van der Waals surface area contributed by atoms with E-state index in [2.05, 4.69) is 10.6 Å². The molecule has 6 nitrogen and oxygen atoms in total. The molecular formula is C22H32ClN3O3S. The fourth-order valence-corrected chi connectivity index (χ4v) is 5.37. The standard InChI is InChI=1S/C22H32ClN3O3S/c1-14(2)18(25-19(27)17-11-30-13-24-17)20(28)26-10-9-22(29,21(3,4)12-26)15-5-7-16(23)8-6-15/h5-8,14,17-18,24,29H,9-13H2,1-4H3,(H,25,27)/t17-,18-,22+/m1/s1. The Morgan fingerprint density at radius 3 is 2.50 bits per heavy atom. The van der Waals surface area contributed by atoms with E-state index in [4.69, 9.17) is 11.6 Å². The first-order valence-electron chi connectivity index (χ1n) is 10.4. The third kappa shape index (κ3) is 4.64. The Kier molecular flexibility index (Phi) is 7.07. The number of halogens is 1. The second kappa shape index (κ2) is 9.07. The number of carbonyl (C=O) groups is 2. The smallest absolute Gasteiger partial charge is 0.245 e. The van der Waals surface area contributed by atoms with Crippen molar-refractivity contribution in [3.05, 3.63) is 34.9 Å². The van der Waals surface area contributed by atoms with Crippen LogP contribution in [0.2, 0.25) is 5.02 Å². The Labute approximate surface area is 188 Å². The minimum atomic E-state index is -1.06. The number of benzene rings is 1. The highest BCUT2D eigenvalue weighted by Crippen LogP contribution is 2.46. The molecule has 0 aliphatic carbocycles. The van der Waals surface area contributed by atoms with Gasteiger partial charge in [0.1, 0.15) is 6.04 Å². The average Bonchev–Trinajstić information content (AvgIpc) is 3.22. The van der Waals surface area contributed by atoms with E-state index in [-0.39, 0.29) is 23.8 Å². The molecular weight excluding hydrogens is 422 g/mol. The van der Waals surface area contributed by atoms with Gasteiger partial charge in [-0.15, -0.1) is 11.8 Å². The molecule has 30 heavy (non-hydrogen) atoms. The number of piperidine rings is 1. The number of aliphatic hydroxyl groups is 1. The van der Waals surface area contributed by atoms with Crippen LogP contribution < -0.4 is 10.6 Å². The first-order valence-corrected chi connectivity index (χ1v) is 12.0. The lowest BCUT2D eigenvalue weighted by molar-refractivity contribution is -0.156. The van der Waals surface area contributed by atoms with Crippen LogP contribution in [0.4, 0.5) is 0 Å². The predicted molar refractivity (Wildman–Crippen MR) is 121 cm³/mol. The van der Waals surface area contributed by atoms with E-state index >= 15 is 0 Å². The van der Waals surface area contributed by atoms with Crippen LogP contribution in [0.1, 0.15) is 39.7 Å². The molecule has 0 spiro atoms. The number of nitrogens with one attached hydrogen (secondary N) is 2. The predicted octanol–water partition coefficient (Wildman–Crippen LogP) is 2.59. The highest BCUT2D eigenvalue weighted by atomic mass is 35.5. The Morgan fingerprint density at radius 2 is 1.97 bits per heavy atom. The first kappa shape index (κ1) is 23.4. The van der Waals surface area contributed by atoms with E-state index < -0.39 is 17.1 Å². The molecule has 0 aromatic heterocycles. The molecule has 3 atom stereocenters. The van der Waals surface area contributed by atoms with E-state index in [1.54, 1.807) is 28.8 Å². The van der Waals surface area contributed by atoms with Crippen molar-refractivity contribution in [2.24, 2.45) is 11.3 Å². The monoisotopic (exact) mass is 453 g/mol. The number of likely N-dealkylation sites (tertiary alicyclic amines) is 1. The molecule has 2 amide bonds. The molecule has 0 bridgehead atoms. The molecule has 2 heterocycles. The third-order valence-corrected chi connectivity index (χ3v) is 7.54. The van der Waals surface area contributed by atoms with Crippen molar-refractivity contribution in [3.8, 4) is 0 Å². The maximum Gasteiger partial charge on any atom is 0.245 e. The molecule has 0 saturated carbocycles. The molecule has 0 unspecified atom stereocenters. The minimum absolute atomic E-state index is 0.0318. The largest absolute Gasteiger partial charge is 0.384 e. The summed E-state index contributed by atoms with van der Waals surface area (Å²) in [5.74, 6) is 1.23. The fourth-order valence-electron chi connectivity index (χ4n) is 4.30. The van der Waals surface area contributed by atoms with Crippen molar-refractivity contribution in [2.45, 2.75) is 51.8 Å². The number of amides is 2. The second-order valence-electron chi connectivity index (χ2n) is 9.26. The molecule has 3 N–H and O–H groups in total. The van der Waals surface area contributed by atoms with Crippen molar-refractivity contribution >= 4 is 35.2 Å². The lowest BCUT2D eigenvalue weighted by Crippen LogP contribution is -2.61. The Balaban J connectivity index is 1.73. The highest BCUT2D eigenvalue weighted by molar-refractivity contribution is 7.99. The van der Waals surface area contributed by atoms with E-state index in [0.717, 1.165) is 17.2 Å². The summed E-state index contributed by atoms with van der Waals surface area (Å²) in [6.07, 6.45) is 0.424. The van der Waals surface area contributed by atoms with Crippen molar-refractivity contribution in [3.63, 3.8) is 0 Å². The molecule has 8 heteroatoms. The molecule has 166 valence electrons. The highest BCUT2D eigenvalue weighted by Gasteiger charge is 2.50. The van der Waals surface area contributed by atoms with E-state index in [0.29, 0.717) is 24.5 Å². The van der Waals surface area contributed by atoms with Crippen molar-refractivity contribution in [1.29, 1.82) is 0 Å². The lowest BCUT2D eigenvalue weighted by Gasteiger charge is -2.51. The number of thioether (sulfide) groups is 1. The van der Waals surface area contributed by atoms with Crippen molar-refractivity contribution < 1.29 is 14.7 Å². The van der Waals surface area contributed by atoms with Gasteiger partial charge in [0.15, 0.2) is 0 Å². The van der Waals surface area contributed by atoms with E-state index in [1.165, 1.54) is 0 Å². The van der Waals surface area contributed by atoms with Crippen LogP contribution in [0.15, 0.2) is 24.3 Å². The minimum Gasteiger partial charge on any atom is -0.384 e.